The highest BCUT2D eigenvalue weighted by molar-refractivity contribution is 7.89. The van der Waals surface area contributed by atoms with Crippen molar-refractivity contribution in [2.75, 3.05) is 6.54 Å². The Kier molecular flexibility index (Phi) is 4.61. The van der Waals surface area contributed by atoms with E-state index in [1.165, 1.54) is 0 Å². The van der Waals surface area contributed by atoms with Gasteiger partial charge in [-0.15, -0.1) is 0 Å². The molecular weight excluding hydrogens is 286 g/mol. The van der Waals surface area contributed by atoms with Crippen LogP contribution in [0.2, 0.25) is 0 Å². The first-order valence-electron chi connectivity index (χ1n) is 6.92. The lowest BCUT2D eigenvalue weighted by Crippen LogP contribution is -2.40. The Morgan fingerprint density at radius 3 is 2.67 bits per heavy atom. The number of nitrogens with two attached hydrogens (primary N) is 1. The Morgan fingerprint density at radius 2 is 2.00 bits per heavy atom. The Balaban J connectivity index is 2.39. The third kappa shape index (κ3) is 3.40. The summed E-state index contributed by atoms with van der Waals surface area (Å²) in [7, 11) is -3.60. The molecule has 0 saturated heterocycles. The topological polar surface area (TPSA) is 85.1 Å². The van der Waals surface area contributed by atoms with E-state index in [1.54, 1.807) is 30.5 Å². The molecule has 0 fully saturated rings. The van der Waals surface area contributed by atoms with Gasteiger partial charge in [-0.3, -0.25) is 4.98 Å². The van der Waals surface area contributed by atoms with Gasteiger partial charge in [0.15, 0.2) is 0 Å². The number of nitrogens with one attached hydrogen (secondary N) is 1. The van der Waals surface area contributed by atoms with E-state index in [9.17, 15) is 8.42 Å². The molecule has 0 bridgehead atoms. The van der Waals surface area contributed by atoms with Crippen molar-refractivity contribution in [3.05, 3.63) is 36.0 Å². The van der Waals surface area contributed by atoms with E-state index in [2.05, 4.69) is 9.71 Å². The van der Waals surface area contributed by atoms with E-state index in [4.69, 9.17) is 5.73 Å². The van der Waals surface area contributed by atoms with Crippen LogP contribution in [0, 0.1) is 12.8 Å². The van der Waals surface area contributed by atoms with E-state index >= 15 is 0 Å². The van der Waals surface area contributed by atoms with Crippen molar-refractivity contribution >= 4 is 20.9 Å². The highest BCUT2D eigenvalue weighted by Crippen LogP contribution is 2.24. The molecular formula is C15H21N3O2S. The molecule has 0 amide bonds. The van der Waals surface area contributed by atoms with Gasteiger partial charge in [0.05, 0.1) is 10.4 Å². The smallest absolute Gasteiger partial charge is 0.241 e. The Morgan fingerprint density at radius 1 is 1.29 bits per heavy atom. The summed E-state index contributed by atoms with van der Waals surface area (Å²) in [4.78, 5) is 4.50. The fraction of sp³-hybridized carbons (Fsp3) is 0.400. The van der Waals surface area contributed by atoms with Crippen molar-refractivity contribution in [1.82, 2.24) is 9.71 Å². The molecule has 114 valence electrons. The molecule has 0 saturated carbocycles. The van der Waals surface area contributed by atoms with Gasteiger partial charge in [0.2, 0.25) is 10.0 Å². The Labute approximate surface area is 125 Å². The number of hydrogen-bond donors (Lipinski definition) is 2. The summed E-state index contributed by atoms with van der Waals surface area (Å²) in [5.41, 5.74) is 7.55. The van der Waals surface area contributed by atoms with Gasteiger partial charge in [-0.1, -0.05) is 19.9 Å². The first kappa shape index (κ1) is 15.9. The van der Waals surface area contributed by atoms with Crippen LogP contribution >= 0.6 is 0 Å². The average molecular weight is 307 g/mol. The average Bonchev–Trinajstić information content (AvgIpc) is 2.45. The molecule has 6 heteroatoms. The molecule has 0 aliphatic rings. The lowest BCUT2D eigenvalue weighted by molar-refractivity contribution is 0.481. The second kappa shape index (κ2) is 6.09. The summed E-state index contributed by atoms with van der Waals surface area (Å²) in [5, 5.41) is 0.628. The van der Waals surface area contributed by atoms with Gasteiger partial charge in [-0.25, -0.2) is 13.1 Å². The zero-order chi connectivity index (χ0) is 15.6. The summed E-state index contributed by atoms with van der Waals surface area (Å²) in [5.74, 6) is 0.212. The number of rotatable bonds is 5. The molecule has 1 atom stereocenters. The largest absolute Gasteiger partial charge is 0.326 e. The molecule has 0 aliphatic carbocycles. The molecule has 2 aromatic rings. The number of aromatic nitrogens is 1. The maximum Gasteiger partial charge on any atom is 0.241 e. The second-order valence-corrected chi connectivity index (χ2v) is 7.28. The molecule has 0 spiro atoms. The summed E-state index contributed by atoms with van der Waals surface area (Å²) < 4.78 is 27.6. The van der Waals surface area contributed by atoms with E-state index in [0.717, 1.165) is 5.56 Å². The van der Waals surface area contributed by atoms with Crippen LogP contribution in [0.3, 0.4) is 0 Å². The molecule has 0 aliphatic heterocycles. The van der Waals surface area contributed by atoms with Crippen LogP contribution in [0.4, 0.5) is 0 Å². The van der Waals surface area contributed by atoms with Crippen molar-refractivity contribution in [3.63, 3.8) is 0 Å². The van der Waals surface area contributed by atoms with Gasteiger partial charge >= 0.3 is 0 Å². The summed E-state index contributed by atoms with van der Waals surface area (Å²) >= 11 is 0. The third-order valence-electron chi connectivity index (χ3n) is 3.59. The molecule has 5 nitrogen and oxygen atoms in total. The van der Waals surface area contributed by atoms with Gasteiger partial charge in [0.1, 0.15) is 0 Å². The number of benzene rings is 1. The Hall–Kier alpha value is -1.50. The first-order chi connectivity index (χ1) is 9.83. The zero-order valence-corrected chi connectivity index (χ0v) is 13.3. The normalized spacial score (nSPS) is 13.8. The predicted molar refractivity (Wildman–Crippen MR) is 84.5 cm³/mol. The van der Waals surface area contributed by atoms with Gasteiger partial charge in [-0.2, -0.15) is 0 Å². The van der Waals surface area contributed by atoms with Crippen LogP contribution in [-0.4, -0.2) is 26.0 Å². The van der Waals surface area contributed by atoms with Gasteiger partial charge in [0.25, 0.3) is 0 Å². The minimum absolute atomic E-state index is 0.212. The van der Waals surface area contributed by atoms with Crippen LogP contribution < -0.4 is 10.5 Å². The monoisotopic (exact) mass is 307 g/mol. The van der Waals surface area contributed by atoms with Gasteiger partial charge in [0, 0.05) is 24.2 Å². The van der Waals surface area contributed by atoms with Gasteiger partial charge < -0.3 is 5.73 Å². The van der Waals surface area contributed by atoms with E-state index in [1.807, 2.05) is 20.8 Å². The van der Waals surface area contributed by atoms with Crippen LogP contribution in [0.5, 0.6) is 0 Å². The van der Waals surface area contributed by atoms with Gasteiger partial charge in [-0.05, 0) is 36.6 Å². The van der Waals surface area contributed by atoms with Crippen LogP contribution in [-0.2, 0) is 10.0 Å². The molecule has 3 N–H and O–H groups in total. The highest BCUT2D eigenvalue weighted by Gasteiger charge is 2.20. The van der Waals surface area contributed by atoms with Crippen LogP contribution in [0.1, 0.15) is 19.4 Å². The molecule has 21 heavy (non-hydrogen) atoms. The molecule has 1 aromatic carbocycles. The fourth-order valence-corrected chi connectivity index (χ4v) is 3.31. The fourth-order valence-electron chi connectivity index (χ4n) is 2.04. The number of nitrogens with zero attached hydrogens (tertiary/aromatic N) is 1. The molecule has 2 rings (SSSR count). The number of sulfonamides is 1. The Bertz CT molecular complexity index is 742. The van der Waals surface area contributed by atoms with E-state index in [0.29, 0.717) is 10.9 Å². The number of aryl methyl sites for hydroxylation is 1. The lowest BCUT2D eigenvalue weighted by Gasteiger charge is -2.17. The summed E-state index contributed by atoms with van der Waals surface area (Å²) in [6.07, 6.45) is 1.66. The number of pyridine rings is 1. The maximum absolute atomic E-state index is 12.5. The van der Waals surface area contributed by atoms with Crippen LogP contribution in [0.15, 0.2) is 35.4 Å². The summed E-state index contributed by atoms with van der Waals surface area (Å²) in [6.45, 7) is 6.05. The minimum Gasteiger partial charge on any atom is -0.326 e. The highest BCUT2D eigenvalue weighted by atomic mass is 32.2. The van der Waals surface area contributed by atoms with Crippen molar-refractivity contribution in [2.45, 2.75) is 31.7 Å². The predicted octanol–water partition coefficient (Wildman–Crippen LogP) is 1.80. The standard InChI is InChI=1S/C15H21N3O2S/c1-10(2)13(16)9-18-21(19,20)14-7-6-11(3)15-12(14)5-4-8-17-15/h4-8,10,13,18H,9,16H2,1-3H3. The van der Waals surface area contributed by atoms with E-state index < -0.39 is 10.0 Å². The van der Waals surface area contributed by atoms with Crippen molar-refractivity contribution < 1.29 is 8.42 Å². The van der Waals surface area contributed by atoms with Crippen molar-refractivity contribution in [1.29, 1.82) is 0 Å². The summed E-state index contributed by atoms with van der Waals surface area (Å²) in [6, 6.07) is 6.68. The van der Waals surface area contributed by atoms with Crippen molar-refractivity contribution in [3.8, 4) is 0 Å². The first-order valence-corrected chi connectivity index (χ1v) is 8.41. The number of hydrogen-bond acceptors (Lipinski definition) is 4. The molecule has 1 aromatic heterocycles. The minimum atomic E-state index is -3.60. The van der Waals surface area contributed by atoms with Crippen LogP contribution in [0.25, 0.3) is 10.9 Å². The molecule has 1 heterocycles. The second-order valence-electron chi connectivity index (χ2n) is 5.54. The third-order valence-corrected chi connectivity index (χ3v) is 5.07. The SMILES string of the molecule is Cc1ccc(S(=O)(=O)NCC(N)C(C)C)c2cccnc12. The lowest BCUT2D eigenvalue weighted by atomic mass is 10.1. The maximum atomic E-state index is 12.5. The molecule has 0 radical (unpaired) electrons. The number of fused-ring (bicyclic) bond motifs is 1. The van der Waals surface area contributed by atoms with E-state index in [-0.39, 0.29) is 23.4 Å². The molecule has 1 unspecified atom stereocenters. The van der Waals surface area contributed by atoms with Crippen molar-refractivity contribution in [2.24, 2.45) is 11.7 Å². The quantitative estimate of drug-likeness (QED) is 0.882. The zero-order valence-electron chi connectivity index (χ0n) is 12.5.